The smallest absolute Gasteiger partial charge is 0.317 e. The molecule has 0 aliphatic rings. The Morgan fingerprint density at radius 1 is 1.00 bits per heavy atom. The van der Waals surface area contributed by atoms with Gasteiger partial charge in [-0.15, -0.1) is 0 Å². The van der Waals surface area contributed by atoms with Gasteiger partial charge in [0.15, 0.2) is 18.2 Å². The molecular formula is C17H20N2O4. The van der Waals surface area contributed by atoms with Gasteiger partial charge in [-0.2, -0.15) is 0 Å². The number of benzene rings is 2. The van der Waals surface area contributed by atoms with Gasteiger partial charge in [-0.1, -0.05) is 36.4 Å². The molecule has 122 valence electrons. The van der Waals surface area contributed by atoms with Crippen LogP contribution in [0, 0.1) is 0 Å². The summed E-state index contributed by atoms with van der Waals surface area (Å²) in [6.07, 6.45) is 0. The Morgan fingerprint density at radius 2 is 1.65 bits per heavy atom. The second-order valence-electron chi connectivity index (χ2n) is 4.77. The van der Waals surface area contributed by atoms with Gasteiger partial charge in [0, 0.05) is 6.54 Å². The largest absolute Gasteiger partial charge is 0.493 e. The first-order chi connectivity index (χ1) is 11.2. The number of nitrogens with one attached hydrogen (secondary N) is 2. The number of hydrogen-bond acceptors (Lipinski definition) is 4. The molecule has 0 spiro atoms. The minimum absolute atomic E-state index is 0.00841. The molecular weight excluding hydrogens is 296 g/mol. The first-order valence-electron chi connectivity index (χ1n) is 7.19. The number of para-hydroxylation sites is 2. The number of hydrogen-bond donors (Lipinski definition) is 3. The maximum atomic E-state index is 11.7. The minimum Gasteiger partial charge on any atom is -0.493 e. The lowest BCUT2D eigenvalue weighted by molar-refractivity contribution is 0.221. The van der Waals surface area contributed by atoms with E-state index in [2.05, 4.69) is 10.6 Å². The summed E-state index contributed by atoms with van der Waals surface area (Å²) in [7, 11) is 1.56. The molecule has 0 aliphatic carbocycles. The van der Waals surface area contributed by atoms with Crippen molar-refractivity contribution in [2.24, 2.45) is 0 Å². The number of aliphatic hydroxyl groups excluding tert-OH is 1. The van der Waals surface area contributed by atoms with Gasteiger partial charge >= 0.3 is 6.03 Å². The zero-order chi connectivity index (χ0) is 16.5. The Balaban J connectivity index is 1.72. The van der Waals surface area contributed by atoms with Gasteiger partial charge in [0.1, 0.15) is 0 Å². The van der Waals surface area contributed by atoms with Gasteiger partial charge in [-0.05, 0) is 23.3 Å². The van der Waals surface area contributed by atoms with Crippen molar-refractivity contribution in [1.82, 2.24) is 10.6 Å². The summed E-state index contributed by atoms with van der Waals surface area (Å²) in [6.45, 7) is 0.441. The third-order valence-electron chi connectivity index (χ3n) is 3.19. The summed E-state index contributed by atoms with van der Waals surface area (Å²) >= 11 is 0. The molecule has 6 nitrogen and oxygen atoms in total. The highest BCUT2D eigenvalue weighted by Gasteiger charge is 2.04. The summed E-state index contributed by atoms with van der Waals surface area (Å²) in [5.74, 6) is 1.17. The standard InChI is InChI=1S/C17H20N2O4/c1-22-15-4-2-3-5-16(15)23-12-19-17(21)18-10-13-6-8-14(11-20)9-7-13/h2-9,20H,10-12H2,1H3,(H2,18,19,21). The molecule has 0 atom stereocenters. The lowest BCUT2D eigenvalue weighted by Gasteiger charge is -2.12. The van der Waals surface area contributed by atoms with Crippen LogP contribution in [0.5, 0.6) is 11.5 Å². The zero-order valence-electron chi connectivity index (χ0n) is 12.9. The molecule has 0 heterocycles. The third kappa shape index (κ3) is 5.19. The third-order valence-corrected chi connectivity index (χ3v) is 3.19. The van der Waals surface area contributed by atoms with Crippen molar-refractivity contribution in [3.8, 4) is 11.5 Å². The van der Waals surface area contributed by atoms with Gasteiger partial charge < -0.3 is 25.2 Å². The summed E-state index contributed by atoms with van der Waals surface area (Å²) in [5.41, 5.74) is 1.78. The van der Waals surface area contributed by atoms with Crippen molar-refractivity contribution < 1.29 is 19.4 Å². The SMILES string of the molecule is COc1ccccc1OCNC(=O)NCc1ccc(CO)cc1. The van der Waals surface area contributed by atoms with E-state index < -0.39 is 0 Å². The van der Waals surface area contributed by atoms with E-state index in [4.69, 9.17) is 14.6 Å². The number of ether oxygens (including phenoxy) is 2. The number of carbonyl (C=O) groups is 1. The predicted molar refractivity (Wildman–Crippen MR) is 86.2 cm³/mol. The Labute approximate surface area is 135 Å². The van der Waals surface area contributed by atoms with Crippen LogP contribution in [0.4, 0.5) is 4.79 Å². The molecule has 2 aromatic carbocycles. The Morgan fingerprint density at radius 3 is 2.30 bits per heavy atom. The van der Waals surface area contributed by atoms with Crippen LogP contribution < -0.4 is 20.1 Å². The van der Waals surface area contributed by atoms with Crippen molar-refractivity contribution in [3.05, 3.63) is 59.7 Å². The number of amides is 2. The molecule has 0 fully saturated rings. The molecule has 23 heavy (non-hydrogen) atoms. The van der Waals surface area contributed by atoms with E-state index in [1.165, 1.54) is 0 Å². The fourth-order valence-electron chi connectivity index (χ4n) is 1.92. The highest BCUT2D eigenvalue weighted by Crippen LogP contribution is 2.25. The van der Waals surface area contributed by atoms with E-state index in [0.717, 1.165) is 11.1 Å². The molecule has 6 heteroatoms. The Bertz CT molecular complexity index is 629. The first kappa shape index (κ1) is 16.6. The minimum atomic E-state index is -0.328. The van der Waals surface area contributed by atoms with E-state index in [1.807, 2.05) is 36.4 Å². The van der Waals surface area contributed by atoms with Gasteiger partial charge in [-0.25, -0.2) is 4.79 Å². The quantitative estimate of drug-likeness (QED) is 0.683. The summed E-state index contributed by atoms with van der Waals surface area (Å²) < 4.78 is 10.6. The molecule has 2 rings (SSSR count). The molecule has 0 saturated carbocycles. The normalized spacial score (nSPS) is 10.0. The zero-order valence-corrected chi connectivity index (χ0v) is 12.9. The van der Waals surface area contributed by atoms with Crippen LogP contribution >= 0.6 is 0 Å². The number of methoxy groups -OCH3 is 1. The predicted octanol–water partition coefficient (Wildman–Crippen LogP) is 2.02. The molecule has 2 amide bonds. The molecule has 2 aromatic rings. The topological polar surface area (TPSA) is 79.8 Å². The van der Waals surface area contributed by atoms with Crippen molar-refractivity contribution in [2.75, 3.05) is 13.8 Å². The highest BCUT2D eigenvalue weighted by atomic mass is 16.5. The molecule has 0 aliphatic heterocycles. The van der Waals surface area contributed by atoms with E-state index in [-0.39, 0.29) is 19.4 Å². The number of carbonyl (C=O) groups excluding carboxylic acids is 1. The van der Waals surface area contributed by atoms with E-state index >= 15 is 0 Å². The molecule has 3 N–H and O–H groups in total. The van der Waals surface area contributed by atoms with Crippen molar-refractivity contribution in [1.29, 1.82) is 0 Å². The number of rotatable bonds is 7. The Kier molecular flexibility index (Phi) is 6.26. The van der Waals surface area contributed by atoms with E-state index in [9.17, 15) is 4.79 Å². The van der Waals surface area contributed by atoms with Gasteiger partial charge in [0.2, 0.25) is 0 Å². The number of aliphatic hydroxyl groups is 1. The van der Waals surface area contributed by atoms with Gasteiger partial charge in [0.05, 0.1) is 13.7 Å². The second kappa shape index (κ2) is 8.65. The molecule has 0 unspecified atom stereocenters. The van der Waals surface area contributed by atoms with E-state index in [0.29, 0.717) is 18.0 Å². The molecule has 0 radical (unpaired) electrons. The van der Waals surface area contributed by atoms with Crippen LogP contribution in [0.15, 0.2) is 48.5 Å². The van der Waals surface area contributed by atoms with Crippen LogP contribution in [-0.4, -0.2) is 25.0 Å². The van der Waals surface area contributed by atoms with Crippen LogP contribution in [-0.2, 0) is 13.2 Å². The fourth-order valence-corrected chi connectivity index (χ4v) is 1.92. The Hall–Kier alpha value is -2.73. The van der Waals surface area contributed by atoms with Crippen molar-refractivity contribution in [2.45, 2.75) is 13.2 Å². The average molecular weight is 316 g/mol. The lowest BCUT2D eigenvalue weighted by atomic mass is 10.1. The monoisotopic (exact) mass is 316 g/mol. The molecule has 0 aromatic heterocycles. The summed E-state index contributed by atoms with van der Waals surface area (Å²) in [6, 6.07) is 14.2. The van der Waals surface area contributed by atoms with Crippen LogP contribution in [0.1, 0.15) is 11.1 Å². The second-order valence-corrected chi connectivity index (χ2v) is 4.77. The van der Waals surface area contributed by atoms with Crippen LogP contribution in [0.3, 0.4) is 0 Å². The molecule has 0 bridgehead atoms. The van der Waals surface area contributed by atoms with Gasteiger partial charge in [0.25, 0.3) is 0 Å². The highest BCUT2D eigenvalue weighted by molar-refractivity contribution is 5.73. The number of urea groups is 1. The maximum absolute atomic E-state index is 11.7. The van der Waals surface area contributed by atoms with Crippen LogP contribution in [0.2, 0.25) is 0 Å². The van der Waals surface area contributed by atoms with Gasteiger partial charge in [-0.3, -0.25) is 0 Å². The molecule has 0 saturated heterocycles. The van der Waals surface area contributed by atoms with Crippen molar-refractivity contribution >= 4 is 6.03 Å². The maximum Gasteiger partial charge on any atom is 0.317 e. The first-order valence-corrected chi connectivity index (χ1v) is 7.19. The summed E-state index contributed by atoms with van der Waals surface area (Å²) in [5, 5.41) is 14.3. The average Bonchev–Trinajstić information content (AvgIpc) is 2.61. The van der Waals surface area contributed by atoms with Crippen LogP contribution in [0.25, 0.3) is 0 Å². The summed E-state index contributed by atoms with van der Waals surface area (Å²) in [4.78, 5) is 11.7. The lowest BCUT2D eigenvalue weighted by Crippen LogP contribution is -2.37. The van der Waals surface area contributed by atoms with Crippen molar-refractivity contribution in [3.63, 3.8) is 0 Å². The van der Waals surface area contributed by atoms with E-state index in [1.54, 1.807) is 19.2 Å². The fraction of sp³-hybridized carbons (Fsp3) is 0.235.